The third kappa shape index (κ3) is 4.50. The van der Waals surface area contributed by atoms with E-state index in [0.29, 0.717) is 0 Å². The Morgan fingerprint density at radius 1 is 1.09 bits per heavy atom. The maximum atomic E-state index is 13.2. The van der Waals surface area contributed by atoms with Crippen LogP contribution in [0.5, 0.6) is 0 Å². The Morgan fingerprint density at radius 3 is 2.00 bits per heavy atom. The van der Waals surface area contributed by atoms with E-state index in [0.717, 1.165) is 5.56 Å². The number of halogens is 2. The lowest BCUT2D eigenvalue weighted by Crippen LogP contribution is -2.45. The first-order chi connectivity index (χ1) is 9.97. The summed E-state index contributed by atoms with van der Waals surface area (Å²) in [5.74, 6) is -0.114. The van der Waals surface area contributed by atoms with Crippen LogP contribution < -0.4 is 0 Å². The molecule has 0 spiro atoms. The van der Waals surface area contributed by atoms with E-state index in [4.69, 9.17) is 4.43 Å². The van der Waals surface area contributed by atoms with Crippen LogP contribution in [-0.2, 0) is 4.43 Å². The Kier molecular flexibility index (Phi) is 6.10. The zero-order valence-corrected chi connectivity index (χ0v) is 15.7. The van der Waals surface area contributed by atoms with Crippen molar-refractivity contribution in [2.24, 2.45) is 0 Å². The van der Waals surface area contributed by atoms with Crippen LogP contribution in [0.1, 0.15) is 46.1 Å². The summed E-state index contributed by atoms with van der Waals surface area (Å²) in [6, 6.07) is 9.73. The predicted octanol–water partition coefficient (Wildman–Crippen LogP) is 6.35. The van der Waals surface area contributed by atoms with Crippen molar-refractivity contribution in [2.45, 2.75) is 64.8 Å². The summed E-state index contributed by atoms with van der Waals surface area (Å²) >= 11 is 0. The van der Waals surface area contributed by atoms with E-state index >= 15 is 0 Å². The van der Waals surface area contributed by atoms with Gasteiger partial charge in [-0.2, -0.15) is 8.78 Å². The summed E-state index contributed by atoms with van der Waals surface area (Å²) in [5.41, 5.74) is 1.06. The summed E-state index contributed by atoms with van der Waals surface area (Å²) in [5, 5.41) is -0.0191. The molecule has 0 saturated heterocycles. The quantitative estimate of drug-likeness (QED) is 0.573. The van der Waals surface area contributed by atoms with Gasteiger partial charge in [0.25, 0.3) is 6.08 Å². The first-order valence-electron chi connectivity index (χ1n) is 7.72. The van der Waals surface area contributed by atoms with Crippen molar-refractivity contribution in [2.75, 3.05) is 0 Å². The van der Waals surface area contributed by atoms with Crippen molar-refractivity contribution in [1.29, 1.82) is 0 Å². The molecule has 0 N–H and O–H groups in total. The van der Waals surface area contributed by atoms with Crippen LogP contribution in [-0.4, -0.2) is 14.4 Å². The lowest BCUT2D eigenvalue weighted by molar-refractivity contribution is 0.181. The van der Waals surface area contributed by atoms with Crippen molar-refractivity contribution in [3.8, 4) is 0 Å². The summed E-state index contributed by atoms with van der Waals surface area (Å²) in [6.45, 7) is 14.0. The van der Waals surface area contributed by atoms with Crippen LogP contribution in [0.2, 0.25) is 18.1 Å². The molecule has 0 aliphatic heterocycles. The highest BCUT2D eigenvalue weighted by molar-refractivity contribution is 6.74. The highest BCUT2D eigenvalue weighted by Crippen LogP contribution is 2.40. The zero-order valence-electron chi connectivity index (χ0n) is 14.7. The van der Waals surface area contributed by atoms with E-state index in [1.807, 2.05) is 37.3 Å². The molecule has 2 unspecified atom stereocenters. The molecule has 1 nitrogen and oxygen atoms in total. The maximum Gasteiger partial charge on any atom is 0.271 e. The fourth-order valence-corrected chi connectivity index (χ4v) is 3.47. The molecule has 1 rings (SSSR count). The smallest absolute Gasteiger partial charge is 0.271 e. The molecule has 22 heavy (non-hydrogen) atoms. The molecular weight excluding hydrogens is 298 g/mol. The molecular formula is C18H28F2OSi. The summed E-state index contributed by atoms with van der Waals surface area (Å²) in [4.78, 5) is 0. The van der Waals surface area contributed by atoms with Crippen LogP contribution in [0, 0.1) is 0 Å². The molecule has 0 fully saturated rings. The minimum Gasteiger partial charge on any atom is -0.409 e. The van der Waals surface area contributed by atoms with Crippen LogP contribution in [0.25, 0.3) is 0 Å². The minimum absolute atomic E-state index is 0.0191. The van der Waals surface area contributed by atoms with Gasteiger partial charge in [-0.05, 0) is 30.6 Å². The van der Waals surface area contributed by atoms with Crippen molar-refractivity contribution < 1.29 is 13.2 Å². The molecule has 0 aliphatic rings. The van der Waals surface area contributed by atoms with Gasteiger partial charge in [-0.15, -0.1) is 0 Å². The third-order valence-electron chi connectivity index (χ3n) is 4.73. The Bertz CT molecular complexity index is 514. The molecule has 0 amide bonds. The van der Waals surface area contributed by atoms with Crippen molar-refractivity contribution in [3.63, 3.8) is 0 Å². The van der Waals surface area contributed by atoms with Gasteiger partial charge >= 0.3 is 0 Å². The van der Waals surface area contributed by atoms with E-state index in [9.17, 15) is 8.78 Å². The average Bonchev–Trinajstić information content (AvgIpc) is 2.43. The van der Waals surface area contributed by atoms with Gasteiger partial charge in [0.15, 0.2) is 8.32 Å². The van der Waals surface area contributed by atoms with E-state index < -0.39 is 20.5 Å². The second-order valence-electron chi connectivity index (χ2n) is 7.44. The first kappa shape index (κ1) is 19.0. The largest absolute Gasteiger partial charge is 0.409 e. The Balaban J connectivity index is 3.19. The molecule has 1 aromatic carbocycles. The molecule has 0 radical (unpaired) electrons. The van der Waals surface area contributed by atoms with Crippen molar-refractivity contribution in [3.05, 3.63) is 47.5 Å². The summed E-state index contributed by atoms with van der Waals surface area (Å²) < 4.78 is 32.8. The minimum atomic E-state index is -2.14. The van der Waals surface area contributed by atoms with Crippen molar-refractivity contribution >= 4 is 8.32 Å². The van der Waals surface area contributed by atoms with Gasteiger partial charge in [-0.1, -0.05) is 58.0 Å². The monoisotopic (exact) mass is 326 g/mol. The molecule has 0 aliphatic carbocycles. The number of rotatable bonds is 5. The van der Waals surface area contributed by atoms with Gasteiger partial charge in [-0.3, -0.25) is 0 Å². The van der Waals surface area contributed by atoms with E-state index in [1.54, 1.807) is 0 Å². The lowest BCUT2D eigenvalue weighted by atomic mass is 9.92. The van der Waals surface area contributed by atoms with Crippen LogP contribution in [0.15, 0.2) is 42.0 Å². The molecule has 0 aromatic heterocycles. The summed E-state index contributed by atoms with van der Waals surface area (Å²) in [7, 11) is -2.14. The zero-order chi connectivity index (χ0) is 17.1. The lowest BCUT2D eigenvalue weighted by Gasteiger charge is -2.41. The maximum absolute atomic E-state index is 13.2. The molecule has 1 aromatic rings. The standard InChI is InChI=1S/C18H28F2OSi/c1-13(15-11-9-8-10-12-15)16(14(2)17(19)20)21-22(6,7)18(3,4)5/h8-13,16H,1-7H3. The molecule has 2 atom stereocenters. The van der Waals surface area contributed by atoms with E-state index in [-0.39, 0.29) is 16.5 Å². The predicted molar refractivity (Wildman–Crippen MR) is 91.8 cm³/mol. The highest BCUT2D eigenvalue weighted by atomic mass is 28.4. The van der Waals surface area contributed by atoms with Gasteiger partial charge < -0.3 is 4.43 Å². The van der Waals surface area contributed by atoms with Crippen LogP contribution in [0.3, 0.4) is 0 Å². The second kappa shape index (κ2) is 7.05. The SMILES string of the molecule is CC(=C(F)F)C(O[Si](C)(C)C(C)(C)C)C(C)c1ccccc1. The van der Waals surface area contributed by atoms with Crippen molar-refractivity contribution in [1.82, 2.24) is 0 Å². The van der Waals surface area contributed by atoms with Gasteiger partial charge in [0.05, 0.1) is 6.10 Å². The van der Waals surface area contributed by atoms with Gasteiger partial charge in [0, 0.05) is 11.5 Å². The van der Waals surface area contributed by atoms with Gasteiger partial charge in [-0.25, -0.2) is 0 Å². The average molecular weight is 327 g/mol. The number of hydrogen-bond acceptors (Lipinski definition) is 1. The third-order valence-corrected chi connectivity index (χ3v) is 9.19. The number of benzene rings is 1. The van der Waals surface area contributed by atoms with E-state index in [2.05, 4.69) is 33.9 Å². The van der Waals surface area contributed by atoms with Crippen LogP contribution in [0.4, 0.5) is 8.78 Å². The van der Waals surface area contributed by atoms with Gasteiger partial charge in [0.2, 0.25) is 0 Å². The second-order valence-corrected chi connectivity index (χ2v) is 12.2. The van der Waals surface area contributed by atoms with Crippen LogP contribution >= 0.6 is 0 Å². The Morgan fingerprint density at radius 2 is 1.59 bits per heavy atom. The molecule has 0 heterocycles. The number of hydrogen-bond donors (Lipinski definition) is 0. The molecule has 4 heteroatoms. The first-order valence-corrected chi connectivity index (χ1v) is 10.6. The topological polar surface area (TPSA) is 9.23 Å². The Labute approximate surface area is 134 Å². The van der Waals surface area contributed by atoms with E-state index in [1.165, 1.54) is 6.92 Å². The fraction of sp³-hybridized carbons (Fsp3) is 0.556. The molecule has 0 saturated carbocycles. The summed E-state index contributed by atoms with van der Waals surface area (Å²) in [6.07, 6.45) is -2.22. The fourth-order valence-electron chi connectivity index (χ4n) is 2.10. The molecule has 124 valence electrons. The van der Waals surface area contributed by atoms with Gasteiger partial charge in [0.1, 0.15) is 0 Å². The Hall–Kier alpha value is -1.00. The molecule has 0 bridgehead atoms. The highest BCUT2D eigenvalue weighted by Gasteiger charge is 2.41. The normalized spacial score (nSPS) is 15.3.